The van der Waals surface area contributed by atoms with E-state index in [1.54, 1.807) is 18.2 Å². The minimum atomic E-state index is -3.96. The first kappa shape index (κ1) is 17.6. The highest BCUT2D eigenvalue weighted by atomic mass is 32.2. The molecule has 0 fully saturated rings. The Balaban J connectivity index is 2.20. The van der Waals surface area contributed by atoms with Crippen LogP contribution in [-0.2, 0) is 16.4 Å². The van der Waals surface area contributed by atoms with Gasteiger partial charge in [0, 0.05) is 24.4 Å². The molecule has 0 saturated carbocycles. The Labute approximate surface area is 139 Å². The van der Waals surface area contributed by atoms with Crippen molar-refractivity contribution < 1.29 is 17.2 Å². The van der Waals surface area contributed by atoms with Crippen LogP contribution in [0.5, 0.6) is 0 Å². The molecule has 0 atom stereocenters. The van der Waals surface area contributed by atoms with Crippen molar-refractivity contribution in [2.24, 2.45) is 0 Å². The van der Waals surface area contributed by atoms with Crippen molar-refractivity contribution >= 4 is 9.84 Å². The molecule has 0 radical (unpaired) electrons. The van der Waals surface area contributed by atoms with Crippen molar-refractivity contribution in [3.05, 3.63) is 76.3 Å². The average Bonchev–Trinajstić information content (AvgIpc) is 2.53. The number of benzene rings is 2. The molecule has 0 aromatic heterocycles. The van der Waals surface area contributed by atoms with Crippen LogP contribution >= 0.6 is 0 Å². The lowest BCUT2D eigenvalue weighted by Gasteiger charge is -2.06. The minimum absolute atomic E-state index is 0.00402. The van der Waals surface area contributed by atoms with Crippen LogP contribution in [0.4, 0.5) is 8.78 Å². The lowest BCUT2D eigenvalue weighted by molar-refractivity contribution is 0.568. The molecular formula is C17H14F2N2O2S. The number of halogens is 2. The van der Waals surface area contributed by atoms with Gasteiger partial charge in [-0.2, -0.15) is 5.26 Å². The number of nitriles is 1. The standard InChI is InChI=1S/C17H14F2N2O2S/c1-12-2-6-15(7-3-12)24(22,23)16(9-20)11-21-10-13-4-5-14(18)8-17(13)19/h2-8,11,21H,10H2,1H3. The van der Waals surface area contributed by atoms with Gasteiger partial charge in [0.05, 0.1) is 4.90 Å². The van der Waals surface area contributed by atoms with E-state index in [0.29, 0.717) is 0 Å². The first-order chi connectivity index (χ1) is 11.3. The van der Waals surface area contributed by atoms with Crippen molar-refractivity contribution in [1.29, 1.82) is 5.26 Å². The fourth-order valence-electron chi connectivity index (χ4n) is 1.93. The van der Waals surface area contributed by atoms with E-state index in [2.05, 4.69) is 5.32 Å². The third-order valence-electron chi connectivity index (χ3n) is 3.27. The van der Waals surface area contributed by atoms with Crippen molar-refractivity contribution in [2.75, 3.05) is 0 Å². The SMILES string of the molecule is Cc1ccc(S(=O)(=O)C(C#N)=CNCc2ccc(F)cc2F)cc1. The van der Waals surface area contributed by atoms with Gasteiger partial charge in [-0.1, -0.05) is 23.8 Å². The molecule has 0 aliphatic heterocycles. The van der Waals surface area contributed by atoms with E-state index in [9.17, 15) is 17.2 Å². The van der Waals surface area contributed by atoms with E-state index in [4.69, 9.17) is 5.26 Å². The van der Waals surface area contributed by atoms with Gasteiger partial charge in [-0.25, -0.2) is 17.2 Å². The van der Waals surface area contributed by atoms with Crippen LogP contribution in [0.2, 0.25) is 0 Å². The molecule has 2 aromatic carbocycles. The second kappa shape index (κ2) is 7.23. The molecule has 2 rings (SSSR count). The number of nitrogens with zero attached hydrogens (tertiary/aromatic N) is 1. The van der Waals surface area contributed by atoms with Crippen LogP contribution < -0.4 is 5.32 Å². The number of rotatable bonds is 5. The fraction of sp³-hybridized carbons (Fsp3) is 0.118. The Bertz CT molecular complexity index is 915. The lowest BCUT2D eigenvalue weighted by atomic mass is 10.2. The number of nitrogens with one attached hydrogen (secondary N) is 1. The molecule has 124 valence electrons. The number of sulfone groups is 1. The summed E-state index contributed by atoms with van der Waals surface area (Å²) in [5.74, 6) is -1.46. The quantitative estimate of drug-likeness (QED) is 0.843. The highest BCUT2D eigenvalue weighted by Crippen LogP contribution is 2.19. The Morgan fingerprint density at radius 1 is 1.21 bits per heavy atom. The third-order valence-corrected chi connectivity index (χ3v) is 4.95. The molecule has 0 spiro atoms. The smallest absolute Gasteiger partial charge is 0.218 e. The monoisotopic (exact) mass is 348 g/mol. The third kappa shape index (κ3) is 3.97. The van der Waals surface area contributed by atoms with Crippen molar-refractivity contribution in [3.8, 4) is 6.07 Å². The maximum absolute atomic E-state index is 13.5. The molecule has 0 bridgehead atoms. The minimum Gasteiger partial charge on any atom is -0.385 e. The van der Waals surface area contributed by atoms with Gasteiger partial charge in [0.2, 0.25) is 9.84 Å². The zero-order valence-corrected chi connectivity index (χ0v) is 13.6. The molecule has 0 amide bonds. The van der Waals surface area contributed by atoms with Gasteiger partial charge in [-0.05, 0) is 25.1 Å². The summed E-state index contributed by atoms with van der Waals surface area (Å²) in [4.78, 5) is -0.496. The summed E-state index contributed by atoms with van der Waals surface area (Å²) in [5, 5.41) is 11.7. The van der Waals surface area contributed by atoms with Gasteiger partial charge in [0.1, 0.15) is 17.7 Å². The van der Waals surface area contributed by atoms with Crippen molar-refractivity contribution in [2.45, 2.75) is 18.4 Å². The van der Waals surface area contributed by atoms with E-state index in [0.717, 1.165) is 23.9 Å². The first-order valence-electron chi connectivity index (χ1n) is 6.94. The number of allylic oxidation sites excluding steroid dienone is 1. The Hall–Kier alpha value is -2.72. The summed E-state index contributed by atoms with van der Waals surface area (Å²) in [5.41, 5.74) is 1.04. The summed E-state index contributed by atoms with van der Waals surface area (Å²) in [6, 6.07) is 10.8. The van der Waals surface area contributed by atoms with Crippen LogP contribution in [0.3, 0.4) is 0 Å². The summed E-state index contributed by atoms with van der Waals surface area (Å²) < 4.78 is 51.1. The Morgan fingerprint density at radius 3 is 2.46 bits per heavy atom. The molecule has 24 heavy (non-hydrogen) atoms. The normalized spacial score (nSPS) is 11.8. The average molecular weight is 348 g/mol. The summed E-state index contributed by atoms with van der Waals surface area (Å²) in [6.07, 6.45) is 1.01. The van der Waals surface area contributed by atoms with E-state index >= 15 is 0 Å². The molecule has 4 nitrogen and oxygen atoms in total. The van der Waals surface area contributed by atoms with Crippen LogP contribution in [0, 0.1) is 29.9 Å². The van der Waals surface area contributed by atoms with Crippen LogP contribution in [0.15, 0.2) is 58.5 Å². The summed E-state index contributed by atoms with van der Waals surface area (Å²) >= 11 is 0. The number of hydrogen-bond acceptors (Lipinski definition) is 4. The predicted molar refractivity (Wildman–Crippen MR) is 85.3 cm³/mol. The topological polar surface area (TPSA) is 70.0 Å². The number of aryl methyl sites for hydroxylation is 1. The Kier molecular flexibility index (Phi) is 5.31. The maximum atomic E-state index is 13.5. The molecule has 2 aromatic rings. The second-order valence-electron chi connectivity index (χ2n) is 5.05. The van der Waals surface area contributed by atoms with Crippen LogP contribution in [0.1, 0.15) is 11.1 Å². The second-order valence-corrected chi connectivity index (χ2v) is 6.97. The molecular weight excluding hydrogens is 334 g/mol. The highest BCUT2D eigenvalue weighted by molar-refractivity contribution is 7.95. The van der Waals surface area contributed by atoms with Gasteiger partial charge in [-0.15, -0.1) is 0 Å². The van der Waals surface area contributed by atoms with Gasteiger partial charge < -0.3 is 5.32 Å². The molecule has 0 unspecified atom stereocenters. The molecule has 1 N–H and O–H groups in total. The van der Waals surface area contributed by atoms with Gasteiger partial charge in [0.15, 0.2) is 4.91 Å². The Morgan fingerprint density at radius 2 is 1.88 bits per heavy atom. The van der Waals surface area contributed by atoms with Crippen molar-refractivity contribution in [1.82, 2.24) is 5.32 Å². The molecule has 0 aliphatic carbocycles. The fourth-order valence-corrected chi connectivity index (χ4v) is 3.04. The van der Waals surface area contributed by atoms with Gasteiger partial charge in [-0.3, -0.25) is 0 Å². The predicted octanol–water partition coefficient (Wildman–Crippen LogP) is 3.20. The van der Waals surface area contributed by atoms with Gasteiger partial charge >= 0.3 is 0 Å². The zero-order chi connectivity index (χ0) is 17.7. The summed E-state index contributed by atoms with van der Waals surface area (Å²) in [7, 11) is -3.96. The first-order valence-corrected chi connectivity index (χ1v) is 8.42. The highest BCUT2D eigenvalue weighted by Gasteiger charge is 2.20. The maximum Gasteiger partial charge on any atom is 0.218 e. The molecule has 0 heterocycles. The molecule has 7 heteroatoms. The van der Waals surface area contributed by atoms with Crippen LogP contribution in [-0.4, -0.2) is 8.42 Å². The summed E-state index contributed by atoms with van der Waals surface area (Å²) in [6.45, 7) is 1.73. The largest absolute Gasteiger partial charge is 0.385 e. The van der Waals surface area contributed by atoms with E-state index in [1.165, 1.54) is 18.2 Å². The van der Waals surface area contributed by atoms with E-state index in [1.807, 2.05) is 6.92 Å². The van der Waals surface area contributed by atoms with Crippen LogP contribution in [0.25, 0.3) is 0 Å². The molecule has 0 aliphatic rings. The zero-order valence-electron chi connectivity index (χ0n) is 12.8. The lowest BCUT2D eigenvalue weighted by Crippen LogP contribution is -2.11. The van der Waals surface area contributed by atoms with E-state index < -0.39 is 26.4 Å². The number of hydrogen-bond donors (Lipinski definition) is 1. The van der Waals surface area contributed by atoms with Crippen molar-refractivity contribution in [3.63, 3.8) is 0 Å². The van der Waals surface area contributed by atoms with Gasteiger partial charge in [0.25, 0.3) is 0 Å². The van der Waals surface area contributed by atoms with E-state index in [-0.39, 0.29) is 17.0 Å². The molecule has 0 saturated heterocycles.